The van der Waals surface area contributed by atoms with E-state index in [2.05, 4.69) is 10.3 Å². The summed E-state index contributed by atoms with van der Waals surface area (Å²) in [6.45, 7) is 1.96. The van der Waals surface area contributed by atoms with E-state index < -0.39 is 0 Å². The number of nitrogen functional groups attached to an aromatic ring is 1. The lowest BCUT2D eigenvalue weighted by Gasteiger charge is -2.07. The number of hydrogen-bond acceptors (Lipinski definition) is 4. The van der Waals surface area contributed by atoms with Gasteiger partial charge in [0, 0.05) is 11.3 Å². The Balaban J connectivity index is 1.90. The van der Waals surface area contributed by atoms with Gasteiger partial charge in [-0.15, -0.1) is 0 Å². The second-order valence-corrected chi connectivity index (χ2v) is 5.57. The molecule has 0 fully saturated rings. The zero-order valence-corrected chi connectivity index (χ0v) is 11.7. The molecule has 1 heterocycles. The highest BCUT2D eigenvalue weighted by Crippen LogP contribution is 2.25. The number of nitrogens with one attached hydrogen (secondary N) is 1. The van der Waals surface area contributed by atoms with Gasteiger partial charge in [0.25, 0.3) is 5.91 Å². The topological polar surface area (TPSA) is 68.0 Å². The molecule has 20 heavy (non-hydrogen) atoms. The number of hydrogen-bond donors (Lipinski definition) is 2. The Hall–Kier alpha value is -2.40. The number of fused-ring (bicyclic) bond motifs is 1. The number of nitrogens with two attached hydrogens (primary N) is 1. The molecule has 100 valence electrons. The largest absolute Gasteiger partial charge is 0.375 e. The third-order valence-electron chi connectivity index (χ3n) is 3.06. The number of benzene rings is 2. The summed E-state index contributed by atoms with van der Waals surface area (Å²) < 4.78 is 0.917. The minimum atomic E-state index is -0.131. The van der Waals surface area contributed by atoms with Crippen molar-refractivity contribution in [2.24, 2.45) is 0 Å². The van der Waals surface area contributed by atoms with Gasteiger partial charge in [0.05, 0.1) is 10.2 Å². The zero-order chi connectivity index (χ0) is 14.1. The van der Waals surface area contributed by atoms with E-state index in [-0.39, 0.29) is 5.91 Å². The second-order valence-electron chi connectivity index (χ2n) is 4.50. The summed E-state index contributed by atoms with van der Waals surface area (Å²) in [6.07, 6.45) is 0. The number of amides is 1. The molecule has 1 aromatic heterocycles. The molecule has 0 aliphatic carbocycles. The van der Waals surface area contributed by atoms with Crippen LogP contribution >= 0.6 is 11.3 Å². The van der Waals surface area contributed by atoms with E-state index >= 15 is 0 Å². The lowest BCUT2D eigenvalue weighted by Crippen LogP contribution is -2.12. The molecule has 0 unspecified atom stereocenters. The highest BCUT2D eigenvalue weighted by Gasteiger charge is 2.09. The van der Waals surface area contributed by atoms with Gasteiger partial charge in [-0.25, -0.2) is 4.98 Å². The molecule has 0 saturated carbocycles. The average molecular weight is 283 g/mol. The van der Waals surface area contributed by atoms with Crippen LogP contribution in [0.15, 0.2) is 42.5 Å². The van der Waals surface area contributed by atoms with Gasteiger partial charge in [-0.05, 0) is 36.8 Å². The number of rotatable bonds is 2. The Morgan fingerprint density at radius 3 is 2.85 bits per heavy atom. The van der Waals surface area contributed by atoms with Crippen molar-refractivity contribution in [3.05, 3.63) is 53.6 Å². The number of aryl methyl sites for hydroxylation is 1. The van der Waals surface area contributed by atoms with Crippen molar-refractivity contribution in [3.8, 4) is 0 Å². The summed E-state index contributed by atoms with van der Waals surface area (Å²) in [6, 6.07) is 13.1. The Bertz CT molecular complexity index is 795. The van der Waals surface area contributed by atoms with E-state index in [0.29, 0.717) is 10.7 Å². The lowest BCUT2D eigenvalue weighted by molar-refractivity contribution is 0.102. The van der Waals surface area contributed by atoms with Crippen LogP contribution in [0.25, 0.3) is 10.2 Å². The fraction of sp³-hybridized carbons (Fsp3) is 0.0667. The summed E-state index contributed by atoms with van der Waals surface area (Å²) in [5.74, 6) is -0.131. The summed E-state index contributed by atoms with van der Waals surface area (Å²) in [5.41, 5.74) is 8.94. The first-order chi connectivity index (χ1) is 9.63. The third-order valence-corrected chi connectivity index (χ3v) is 3.91. The van der Waals surface area contributed by atoms with Gasteiger partial charge in [-0.2, -0.15) is 0 Å². The standard InChI is InChI=1S/C15H13N3OS/c1-9-4-2-3-5-11(9)17-14(19)10-6-7-12-13(8-10)20-15(16)18-12/h2-8H,1H3,(H2,16,18)(H,17,19). The van der Waals surface area contributed by atoms with Crippen molar-refractivity contribution in [1.82, 2.24) is 4.98 Å². The molecular formula is C15H13N3OS. The fourth-order valence-electron chi connectivity index (χ4n) is 1.99. The van der Waals surface area contributed by atoms with Gasteiger partial charge in [-0.1, -0.05) is 29.5 Å². The van der Waals surface area contributed by atoms with Crippen LogP contribution in [-0.2, 0) is 0 Å². The van der Waals surface area contributed by atoms with Crippen molar-refractivity contribution in [2.75, 3.05) is 11.1 Å². The maximum Gasteiger partial charge on any atom is 0.255 e. The monoisotopic (exact) mass is 283 g/mol. The van der Waals surface area contributed by atoms with E-state index in [0.717, 1.165) is 21.5 Å². The van der Waals surface area contributed by atoms with E-state index in [1.165, 1.54) is 11.3 Å². The van der Waals surface area contributed by atoms with Gasteiger partial charge in [0.1, 0.15) is 0 Å². The number of anilines is 2. The van der Waals surface area contributed by atoms with Gasteiger partial charge in [-0.3, -0.25) is 4.79 Å². The van der Waals surface area contributed by atoms with Crippen LogP contribution in [0.1, 0.15) is 15.9 Å². The molecule has 3 aromatic rings. The first-order valence-electron chi connectivity index (χ1n) is 6.16. The highest BCUT2D eigenvalue weighted by molar-refractivity contribution is 7.22. The summed E-state index contributed by atoms with van der Waals surface area (Å²) in [4.78, 5) is 16.4. The van der Waals surface area contributed by atoms with Crippen LogP contribution in [0.5, 0.6) is 0 Å². The fourth-order valence-corrected chi connectivity index (χ4v) is 2.76. The molecule has 3 N–H and O–H groups in total. The maximum absolute atomic E-state index is 12.3. The van der Waals surface area contributed by atoms with Crippen molar-refractivity contribution in [3.63, 3.8) is 0 Å². The van der Waals surface area contributed by atoms with Crippen LogP contribution in [-0.4, -0.2) is 10.9 Å². The minimum absolute atomic E-state index is 0.131. The van der Waals surface area contributed by atoms with E-state index in [1.807, 2.05) is 43.3 Å². The molecule has 0 atom stereocenters. The molecule has 0 saturated heterocycles. The molecule has 2 aromatic carbocycles. The molecule has 1 amide bonds. The molecule has 0 aliphatic rings. The lowest BCUT2D eigenvalue weighted by atomic mass is 10.1. The molecular weight excluding hydrogens is 270 g/mol. The number of nitrogens with zero attached hydrogens (tertiary/aromatic N) is 1. The Kier molecular flexibility index (Phi) is 3.12. The van der Waals surface area contributed by atoms with E-state index in [1.54, 1.807) is 6.07 Å². The zero-order valence-electron chi connectivity index (χ0n) is 10.9. The smallest absolute Gasteiger partial charge is 0.255 e. The van der Waals surface area contributed by atoms with Crippen LogP contribution in [0.4, 0.5) is 10.8 Å². The first kappa shape index (κ1) is 12.6. The number of para-hydroxylation sites is 1. The predicted octanol–water partition coefficient (Wildman–Crippen LogP) is 3.44. The van der Waals surface area contributed by atoms with Gasteiger partial charge in [0.2, 0.25) is 0 Å². The molecule has 0 radical (unpaired) electrons. The summed E-state index contributed by atoms with van der Waals surface area (Å²) >= 11 is 1.38. The number of thiazole rings is 1. The molecule has 4 nitrogen and oxygen atoms in total. The molecule has 0 spiro atoms. The SMILES string of the molecule is Cc1ccccc1NC(=O)c1ccc2nc(N)sc2c1. The van der Waals surface area contributed by atoms with E-state index in [9.17, 15) is 4.79 Å². The third kappa shape index (κ3) is 2.35. The number of carbonyl (C=O) groups excluding carboxylic acids is 1. The van der Waals surface area contributed by atoms with Gasteiger partial charge >= 0.3 is 0 Å². The van der Waals surface area contributed by atoms with Crippen molar-refractivity contribution in [1.29, 1.82) is 0 Å². The molecule has 0 aliphatic heterocycles. The van der Waals surface area contributed by atoms with Crippen molar-refractivity contribution >= 4 is 38.3 Å². The minimum Gasteiger partial charge on any atom is -0.375 e. The Labute approximate surface area is 120 Å². The van der Waals surface area contributed by atoms with Crippen LogP contribution < -0.4 is 11.1 Å². The number of aromatic nitrogens is 1. The quantitative estimate of drug-likeness (QED) is 0.757. The van der Waals surface area contributed by atoms with Crippen LogP contribution in [0, 0.1) is 6.92 Å². The van der Waals surface area contributed by atoms with Gasteiger partial charge in [0.15, 0.2) is 5.13 Å². The van der Waals surface area contributed by atoms with Gasteiger partial charge < -0.3 is 11.1 Å². The van der Waals surface area contributed by atoms with Crippen LogP contribution in [0.3, 0.4) is 0 Å². The Morgan fingerprint density at radius 1 is 1.25 bits per heavy atom. The highest BCUT2D eigenvalue weighted by atomic mass is 32.1. The van der Waals surface area contributed by atoms with E-state index in [4.69, 9.17) is 5.73 Å². The average Bonchev–Trinajstić information content (AvgIpc) is 2.80. The molecule has 5 heteroatoms. The van der Waals surface area contributed by atoms with Crippen molar-refractivity contribution < 1.29 is 4.79 Å². The number of carbonyl (C=O) groups is 1. The Morgan fingerprint density at radius 2 is 2.05 bits per heavy atom. The second kappa shape index (κ2) is 4.94. The van der Waals surface area contributed by atoms with Crippen LogP contribution in [0.2, 0.25) is 0 Å². The van der Waals surface area contributed by atoms with Crippen molar-refractivity contribution in [2.45, 2.75) is 6.92 Å². The normalized spacial score (nSPS) is 10.7. The molecule has 0 bridgehead atoms. The predicted molar refractivity (Wildman–Crippen MR) is 83.2 cm³/mol. The summed E-state index contributed by atoms with van der Waals surface area (Å²) in [5, 5.41) is 3.42. The molecule has 3 rings (SSSR count). The maximum atomic E-state index is 12.3. The summed E-state index contributed by atoms with van der Waals surface area (Å²) in [7, 11) is 0. The first-order valence-corrected chi connectivity index (χ1v) is 6.98.